The maximum atomic E-state index is 11.8. The number of anilines is 1. The molecule has 12 heteroatoms. The second-order valence-electron chi connectivity index (χ2n) is 3.20. The molecule has 0 atom stereocenters. The summed E-state index contributed by atoms with van der Waals surface area (Å²) in [6.07, 6.45) is -7.31. The van der Waals surface area contributed by atoms with E-state index in [4.69, 9.17) is 11.0 Å². The zero-order chi connectivity index (χ0) is 16.3. The number of alkyl halides is 6. The van der Waals surface area contributed by atoms with Crippen LogP contribution in [0, 0.1) is 11.3 Å². The van der Waals surface area contributed by atoms with Crippen LogP contribution in [-0.4, -0.2) is 9.97 Å². The predicted molar refractivity (Wildman–Crippen MR) is 63.4 cm³/mol. The fourth-order valence-electron chi connectivity index (χ4n) is 0.876. The van der Waals surface area contributed by atoms with Gasteiger partial charge in [-0.05, 0) is 0 Å². The number of hydrogen-bond acceptors (Lipinski definition) is 6. The van der Waals surface area contributed by atoms with Crippen LogP contribution in [0.4, 0.5) is 31.5 Å². The van der Waals surface area contributed by atoms with E-state index in [-0.39, 0.29) is 10.1 Å². The lowest BCUT2D eigenvalue weighted by molar-refractivity contribution is -0.135. The summed E-state index contributed by atoms with van der Waals surface area (Å²) in [5.41, 5.74) is 4.98. The van der Waals surface area contributed by atoms with Crippen LogP contribution in [0.2, 0.25) is 0 Å². The average Bonchev–Trinajstić information content (AvgIpc) is 2.95. The van der Waals surface area contributed by atoms with E-state index in [1.807, 2.05) is 0 Å². The van der Waals surface area contributed by atoms with E-state index >= 15 is 0 Å². The molecule has 0 spiro atoms. The van der Waals surface area contributed by atoms with Gasteiger partial charge >= 0.3 is 12.4 Å². The van der Waals surface area contributed by atoms with Crippen molar-refractivity contribution in [1.82, 2.24) is 9.97 Å². The summed E-state index contributed by atoms with van der Waals surface area (Å²) in [5, 5.41) is 7.92. The van der Waals surface area contributed by atoms with Gasteiger partial charge in [0.05, 0.1) is 12.4 Å². The minimum Gasteiger partial charge on any atom is -0.375 e. The number of aromatic nitrogens is 2. The van der Waals surface area contributed by atoms with Gasteiger partial charge in [0.15, 0.2) is 10.1 Å². The lowest BCUT2D eigenvalue weighted by atomic mass is 10.5. The first-order chi connectivity index (χ1) is 9.54. The average molecular weight is 346 g/mol. The Hall–Kier alpha value is -1.87. The smallest absolute Gasteiger partial charge is 0.375 e. The predicted octanol–water partition coefficient (Wildman–Crippen LogP) is 3.78. The molecule has 2 aromatic rings. The lowest BCUT2D eigenvalue weighted by Crippen LogP contribution is -2.00. The molecule has 21 heavy (non-hydrogen) atoms. The molecule has 0 aliphatic rings. The number of nitrogen functional groups attached to an aromatic ring is 1. The van der Waals surface area contributed by atoms with E-state index in [9.17, 15) is 26.3 Å². The molecule has 0 aliphatic heterocycles. The van der Waals surface area contributed by atoms with Crippen LogP contribution in [0.25, 0.3) is 0 Å². The van der Waals surface area contributed by atoms with Crippen LogP contribution >= 0.6 is 22.7 Å². The van der Waals surface area contributed by atoms with Crippen molar-refractivity contribution in [1.29, 1.82) is 5.26 Å². The van der Waals surface area contributed by atoms with Crippen molar-refractivity contribution in [3.63, 3.8) is 0 Å². The van der Waals surface area contributed by atoms with E-state index in [0.717, 1.165) is 6.20 Å². The molecule has 4 nitrogen and oxygen atoms in total. The van der Waals surface area contributed by atoms with Gasteiger partial charge in [0.25, 0.3) is 0 Å². The van der Waals surface area contributed by atoms with Gasteiger partial charge in [-0.2, -0.15) is 31.6 Å². The van der Waals surface area contributed by atoms with Crippen molar-refractivity contribution < 1.29 is 26.3 Å². The molecule has 0 unspecified atom stereocenters. The first kappa shape index (κ1) is 17.2. The lowest BCUT2D eigenvalue weighted by Gasteiger charge is -1.98. The van der Waals surface area contributed by atoms with Gasteiger partial charge < -0.3 is 5.73 Å². The summed E-state index contributed by atoms with van der Waals surface area (Å²) in [6.45, 7) is 0. The molecule has 114 valence electrons. The zero-order valence-corrected chi connectivity index (χ0v) is 11.3. The highest BCUT2D eigenvalue weighted by atomic mass is 32.1. The van der Waals surface area contributed by atoms with E-state index < -0.39 is 22.1 Å². The van der Waals surface area contributed by atoms with Crippen molar-refractivity contribution in [3.05, 3.63) is 27.2 Å². The number of halogens is 6. The molecule has 0 fully saturated rings. The molecule has 0 amide bonds. The molecule has 0 aromatic carbocycles. The highest BCUT2D eigenvalue weighted by Gasteiger charge is 2.33. The molecule has 0 saturated carbocycles. The SMILES string of the molecule is N#Cc1ncc(C(F)(F)F)s1.Nc1ncc(C(F)(F)F)s1. The number of hydrogen-bond donors (Lipinski definition) is 1. The van der Waals surface area contributed by atoms with E-state index in [1.165, 1.54) is 6.07 Å². The molecule has 2 heterocycles. The molecular formula is C9H4F6N4S2. The quantitative estimate of drug-likeness (QED) is 0.737. The maximum absolute atomic E-state index is 11.8. The molecule has 0 saturated heterocycles. The molecule has 2 N–H and O–H groups in total. The largest absolute Gasteiger partial charge is 0.427 e. The number of nitriles is 1. The van der Waals surface area contributed by atoms with Crippen LogP contribution in [0.5, 0.6) is 0 Å². The third kappa shape index (κ3) is 5.20. The molecule has 0 aliphatic carbocycles. The summed E-state index contributed by atoms with van der Waals surface area (Å²) >= 11 is 0.779. The summed E-state index contributed by atoms with van der Waals surface area (Å²) in [7, 11) is 0. The van der Waals surface area contributed by atoms with Crippen LogP contribution in [0.3, 0.4) is 0 Å². The van der Waals surface area contributed by atoms with Crippen LogP contribution in [0.1, 0.15) is 14.8 Å². The van der Waals surface area contributed by atoms with Crippen molar-refractivity contribution in [2.24, 2.45) is 0 Å². The van der Waals surface area contributed by atoms with Gasteiger partial charge in [0.2, 0.25) is 0 Å². The Labute approximate surface area is 121 Å². The van der Waals surface area contributed by atoms with Gasteiger partial charge in [0, 0.05) is 0 Å². The topological polar surface area (TPSA) is 75.6 Å². The highest BCUT2D eigenvalue weighted by Crippen LogP contribution is 2.34. The zero-order valence-electron chi connectivity index (χ0n) is 9.66. The number of nitrogens with two attached hydrogens (primary N) is 1. The van der Waals surface area contributed by atoms with Crippen molar-refractivity contribution >= 4 is 27.8 Å². The van der Waals surface area contributed by atoms with Gasteiger partial charge in [-0.1, -0.05) is 22.7 Å². The first-order valence-electron chi connectivity index (χ1n) is 4.75. The Balaban J connectivity index is 0.000000211. The minimum atomic E-state index is -4.38. The monoisotopic (exact) mass is 346 g/mol. The fourth-order valence-corrected chi connectivity index (χ4v) is 2.01. The number of thiazole rings is 2. The molecular weight excluding hydrogens is 342 g/mol. The molecule has 0 bridgehead atoms. The normalized spacial score (nSPS) is 11.5. The van der Waals surface area contributed by atoms with Crippen LogP contribution in [0.15, 0.2) is 12.4 Å². The molecule has 0 radical (unpaired) electrons. The fraction of sp³-hybridized carbons (Fsp3) is 0.222. The third-order valence-electron chi connectivity index (χ3n) is 1.68. The van der Waals surface area contributed by atoms with E-state index in [0.29, 0.717) is 28.9 Å². The summed E-state index contributed by atoms with van der Waals surface area (Å²) in [4.78, 5) is 4.90. The van der Waals surface area contributed by atoms with E-state index in [2.05, 4.69) is 9.97 Å². The Morgan fingerprint density at radius 2 is 1.43 bits per heavy atom. The van der Waals surface area contributed by atoms with E-state index in [1.54, 1.807) is 0 Å². The van der Waals surface area contributed by atoms with Crippen molar-refractivity contribution in [2.45, 2.75) is 12.4 Å². The standard InChI is InChI=1S/C5HF3N2S.C4H3F3N2S/c6-5(7,8)3-2-10-4(1-9)11-3;5-4(6,7)2-1-9-3(8)10-2/h2H;1H,(H2,8,9). The first-order valence-corrected chi connectivity index (χ1v) is 6.39. The number of rotatable bonds is 0. The molecule has 2 aromatic heterocycles. The second kappa shape index (κ2) is 6.27. The van der Waals surface area contributed by atoms with Crippen LogP contribution < -0.4 is 5.73 Å². The molecule has 2 rings (SSSR count). The van der Waals surface area contributed by atoms with Gasteiger partial charge in [-0.3, -0.25) is 0 Å². The van der Waals surface area contributed by atoms with Gasteiger partial charge in [0.1, 0.15) is 15.8 Å². The highest BCUT2D eigenvalue weighted by molar-refractivity contribution is 7.15. The summed E-state index contributed by atoms with van der Waals surface area (Å²) in [5.74, 6) is 0. The Morgan fingerprint density at radius 1 is 0.952 bits per heavy atom. The van der Waals surface area contributed by atoms with Crippen molar-refractivity contribution in [2.75, 3.05) is 5.73 Å². The van der Waals surface area contributed by atoms with Gasteiger partial charge in [-0.15, -0.1) is 0 Å². The minimum absolute atomic E-state index is 0.0627. The van der Waals surface area contributed by atoms with Crippen LogP contribution in [-0.2, 0) is 12.4 Å². The van der Waals surface area contributed by atoms with Crippen molar-refractivity contribution in [3.8, 4) is 6.07 Å². The van der Waals surface area contributed by atoms with Gasteiger partial charge in [-0.25, -0.2) is 9.97 Å². The number of nitrogens with zero attached hydrogens (tertiary/aromatic N) is 3. The second-order valence-corrected chi connectivity index (χ2v) is 5.29. The third-order valence-corrected chi connectivity index (χ3v) is 3.50. The Morgan fingerprint density at radius 3 is 1.67 bits per heavy atom. The Bertz CT molecular complexity index is 636. The Kier molecular flexibility index (Phi) is 5.13. The summed E-state index contributed by atoms with van der Waals surface area (Å²) < 4.78 is 70.5. The summed E-state index contributed by atoms with van der Waals surface area (Å²) in [6, 6.07) is 1.53. The maximum Gasteiger partial charge on any atom is 0.427 e.